The maximum Gasteiger partial charge on any atom is 0.218 e. The molecule has 0 aliphatic heterocycles. The lowest BCUT2D eigenvalue weighted by Crippen LogP contribution is -2.14. The molecule has 0 radical (unpaired) electrons. The smallest absolute Gasteiger partial charge is 0.218 e. The number of anilines is 1. The predicted molar refractivity (Wildman–Crippen MR) is 79.9 cm³/mol. The van der Waals surface area contributed by atoms with E-state index in [2.05, 4.69) is 49.9 Å². The second-order valence-corrected chi connectivity index (χ2v) is 5.25. The number of hydrogen-bond donors (Lipinski definition) is 1. The Kier molecular flexibility index (Phi) is 6.60. The monoisotopic (exact) mass is 265 g/mol. The van der Waals surface area contributed by atoms with Crippen LogP contribution in [0, 0.1) is 0 Å². The van der Waals surface area contributed by atoms with Crippen LogP contribution in [0.15, 0.2) is 6.07 Å². The van der Waals surface area contributed by atoms with Crippen molar-refractivity contribution in [2.75, 3.05) is 11.9 Å². The molecule has 4 heteroatoms. The summed E-state index contributed by atoms with van der Waals surface area (Å²) in [6.45, 7) is 11.5. The molecule has 1 aromatic rings. The Balaban J connectivity index is 2.86. The molecule has 0 aromatic carbocycles. The molecule has 108 valence electrons. The van der Waals surface area contributed by atoms with E-state index in [0.29, 0.717) is 11.8 Å². The van der Waals surface area contributed by atoms with Gasteiger partial charge in [0.05, 0.1) is 6.10 Å². The van der Waals surface area contributed by atoms with Gasteiger partial charge in [-0.1, -0.05) is 34.1 Å². The summed E-state index contributed by atoms with van der Waals surface area (Å²) in [5.41, 5.74) is 0. The van der Waals surface area contributed by atoms with Gasteiger partial charge in [-0.15, -0.1) is 0 Å². The van der Waals surface area contributed by atoms with Crippen molar-refractivity contribution in [1.29, 1.82) is 0 Å². The van der Waals surface area contributed by atoms with Gasteiger partial charge < -0.3 is 10.1 Å². The van der Waals surface area contributed by atoms with Crippen molar-refractivity contribution in [1.82, 2.24) is 9.97 Å². The lowest BCUT2D eigenvalue weighted by atomic mass is 10.2. The fourth-order valence-corrected chi connectivity index (χ4v) is 1.78. The summed E-state index contributed by atoms with van der Waals surface area (Å²) in [7, 11) is 0. The van der Waals surface area contributed by atoms with Crippen LogP contribution >= 0.6 is 0 Å². The molecule has 0 fully saturated rings. The minimum Gasteiger partial charge on any atom is -0.475 e. The van der Waals surface area contributed by atoms with Gasteiger partial charge in [0.15, 0.2) is 0 Å². The maximum atomic E-state index is 5.88. The van der Waals surface area contributed by atoms with Crippen molar-refractivity contribution in [2.45, 2.75) is 65.9 Å². The Morgan fingerprint density at radius 2 is 1.89 bits per heavy atom. The van der Waals surface area contributed by atoms with Crippen molar-refractivity contribution in [3.05, 3.63) is 11.9 Å². The van der Waals surface area contributed by atoms with Gasteiger partial charge in [0.2, 0.25) is 5.88 Å². The van der Waals surface area contributed by atoms with Crippen LogP contribution in [-0.2, 0) is 0 Å². The average Bonchev–Trinajstić information content (AvgIpc) is 2.36. The Bertz CT molecular complexity index is 380. The zero-order chi connectivity index (χ0) is 14.3. The number of aromatic nitrogens is 2. The zero-order valence-electron chi connectivity index (χ0n) is 12.9. The topological polar surface area (TPSA) is 47.0 Å². The van der Waals surface area contributed by atoms with Crippen LogP contribution in [0.25, 0.3) is 0 Å². The van der Waals surface area contributed by atoms with Crippen LogP contribution in [0.4, 0.5) is 5.82 Å². The molecule has 0 saturated carbocycles. The number of ether oxygens (including phenoxy) is 1. The molecule has 0 spiro atoms. The van der Waals surface area contributed by atoms with Crippen molar-refractivity contribution in [2.24, 2.45) is 0 Å². The molecule has 1 N–H and O–H groups in total. The SMILES string of the molecule is CCCNc1cc(OC(C)CCC)nc(C(C)C)n1. The lowest BCUT2D eigenvalue weighted by molar-refractivity contribution is 0.200. The molecule has 0 bridgehead atoms. The summed E-state index contributed by atoms with van der Waals surface area (Å²) in [6.07, 6.45) is 3.42. The highest BCUT2D eigenvalue weighted by Crippen LogP contribution is 2.20. The fraction of sp³-hybridized carbons (Fsp3) is 0.733. The molecule has 1 atom stereocenters. The second kappa shape index (κ2) is 7.97. The van der Waals surface area contributed by atoms with E-state index in [9.17, 15) is 0 Å². The lowest BCUT2D eigenvalue weighted by Gasteiger charge is -2.16. The number of nitrogens with zero attached hydrogens (tertiary/aromatic N) is 2. The van der Waals surface area contributed by atoms with Gasteiger partial charge in [-0.05, 0) is 19.8 Å². The van der Waals surface area contributed by atoms with Crippen molar-refractivity contribution < 1.29 is 4.74 Å². The highest BCUT2D eigenvalue weighted by Gasteiger charge is 2.11. The fourth-order valence-electron chi connectivity index (χ4n) is 1.78. The highest BCUT2D eigenvalue weighted by atomic mass is 16.5. The van der Waals surface area contributed by atoms with Crippen LogP contribution in [0.3, 0.4) is 0 Å². The van der Waals surface area contributed by atoms with E-state index in [4.69, 9.17) is 4.74 Å². The van der Waals surface area contributed by atoms with Crippen molar-refractivity contribution >= 4 is 5.82 Å². The molecular formula is C15H27N3O. The van der Waals surface area contributed by atoms with Gasteiger partial charge in [-0.3, -0.25) is 0 Å². The molecule has 0 saturated heterocycles. The van der Waals surface area contributed by atoms with E-state index in [-0.39, 0.29) is 6.10 Å². The Labute approximate surface area is 117 Å². The Morgan fingerprint density at radius 1 is 1.16 bits per heavy atom. The van der Waals surface area contributed by atoms with E-state index in [1.54, 1.807) is 0 Å². The molecule has 0 amide bonds. The highest BCUT2D eigenvalue weighted by molar-refractivity contribution is 5.38. The quantitative estimate of drug-likeness (QED) is 0.772. The standard InChI is InChI=1S/C15H27N3O/c1-6-8-12(5)19-14-10-13(16-9-7-2)17-15(18-14)11(3)4/h10-12H,6-9H2,1-5H3,(H,16,17,18). The number of hydrogen-bond acceptors (Lipinski definition) is 4. The van der Waals surface area contributed by atoms with E-state index in [0.717, 1.165) is 37.4 Å². The molecule has 0 aliphatic carbocycles. The van der Waals surface area contributed by atoms with E-state index >= 15 is 0 Å². The van der Waals surface area contributed by atoms with E-state index in [1.165, 1.54) is 0 Å². The van der Waals surface area contributed by atoms with Crippen LogP contribution in [0.5, 0.6) is 5.88 Å². The van der Waals surface area contributed by atoms with Gasteiger partial charge in [0.1, 0.15) is 11.6 Å². The van der Waals surface area contributed by atoms with Gasteiger partial charge >= 0.3 is 0 Å². The number of nitrogens with one attached hydrogen (secondary N) is 1. The summed E-state index contributed by atoms with van der Waals surface area (Å²) in [5.74, 6) is 2.67. The van der Waals surface area contributed by atoms with E-state index in [1.807, 2.05) is 6.07 Å². The maximum absolute atomic E-state index is 5.88. The third-order valence-corrected chi connectivity index (χ3v) is 2.81. The molecule has 1 unspecified atom stereocenters. The second-order valence-electron chi connectivity index (χ2n) is 5.25. The van der Waals surface area contributed by atoms with Gasteiger partial charge in [0.25, 0.3) is 0 Å². The molecule has 0 aliphatic rings. The largest absolute Gasteiger partial charge is 0.475 e. The molecule has 19 heavy (non-hydrogen) atoms. The van der Waals surface area contributed by atoms with Crippen LogP contribution in [0.2, 0.25) is 0 Å². The third kappa shape index (κ3) is 5.45. The first-order valence-electron chi connectivity index (χ1n) is 7.36. The van der Waals surface area contributed by atoms with E-state index < -0.39 is 0 Å². The van der Waals surface area contributed by atoms with Gasteiger partial charge in [0, 0.05) is 18.5 Å². The summed E-state index contributed by atoms with van der Waals surface area (Å²) in [4.78, 5) is 9.01. The first-order chi connectivity index (χ1) is 9.06. The molecule has 1 aromatic heterocycles. The average molecular weight is 265 g/mol. The summed E-state index contributed by atoms with van der Waals surface area (Å²) in [5, 5.41) is 3.30. The first-order valence-corrected chi connectivity index (χ1v) is 7.36. The summed E-state index contributed by atoms with van der Waals surface area (Å²) in [6, 6.07) is 1.90. The van der Waals surface area contributed by atoms with Crippen LogP contribution < -0.4 is 10.1 Å². The van der Waals surface area contributed by atoms with Crippen LogP contribution in [0.1, 0.15) is 65.6 Å². The normalized spacial score (nSPS) is 12.5. The molecular weight excluding hydrogens is 238 g/mol. The Hall–Kier alpha value is -1.32. The van der Waals surface area contributed by atoms with Crippen LogP contribution in [-0.4, -0.2) is 22.6 Å². The number of rotatable bonds is 8. The van der Waals surface area contributed by atoms with Gasteiger partial charge in [-0.2, -0.15) is 4.98 Å². The van der Waals surface area contributed by atoms with Gasteiger partial charge in [-0.25, -0.2) is 4.98 Å². The summed E-state index contributed by atoms with van der Waals surface area (Å²) < 4.78 is 5.88. The first kappa shape index (κ1) is 15.7. The van der Waals surface area contributed by atoms with Crippen molar-refractivity contribution in [3.8, 4) is 5.88 Å². The predicted octanol–water partition coefficient (Wildman–Crippen LogP) is 3.99. The minimum absolute atomic E-state index is 0.193. The molecule has 1 rings (SSSR count). The van der Waals surface area contributed by atoms with Crippen molar-refractivity contribution in [3.63, 3.8) is 0 Å². The molecule has 4 nitrogen and oxygen atoms in total. The molecule has 1 heterocycles. The Morgan fingerprint density at radius 3 is 2.47 bits per heavy atom. The minimum atomic E-state index is 0.193. The zero-order valence-corrected chi connectivity index (χ0v) is 12.9. The summed E-state index contributed by atoms with van der Waals surface area (Å²) >= 11 is 0. The third-order valence-electron chi connectivity index (χ3n) is 2.81.